The van der Waals surface area contributed by atoms with E-state index in [9.17, 15) is 9.90 Å². The Balaban J connectivity index is 1.41. The zero-order chi connectivity index (χ0) is 21.4. The van der Waals surface area contributed by atoms with Crippen molar-refractivity contribution in [3.05, 3.63) is 59.7 Å². The van der Waals surface area contributed by atoms with Crippen LogP contribution in [0.25, 0.3) is 10.9 Å². The van der Waals surface area contributed by atoms with E-state index >= 15 is 0 Å². The highest BCUT2D eigenvalue weighted by atomic mass is 16.3. The van der Waals surface area contributed by atoms with Crippen LogP contribution in [0, 0.1) is 0 Å². The summed E-state index contributed by atoms with van der Waals surface area (Å²) >= 11 is 0. The Kier molecular flexibility index (Phi) is 5.15. The van der Waals surface area contributed by atoms with Gasteiger partial charge >= 0.3 is 0 Å². The number of amides is 1. The van der Waals surface area contributed by atoms with Crippen molar-refractivity contribution < 1.29 is 9.90 Å². The van der Waals surface area contributed by atoms with Crippen LogP contribution in [0.2, 0.25) is 0 Å². The number of aromatic nitrogens is 4. The normalized spacial score (nSPS) is 18.8. The summed E-state index contributed by atoms with van der Waals surface area (Å²) in [6.07, 6.45) is 7.57. The fraction of sp³-hybridized carbons (Fsp3) is 0.391. The van der Waals surface area contributed by atoms with Crippen molar-refractivity contribution >= 4 is 22.6 Å². The molecule has 2 N–H and O–H groups in total. The molecule has 1 atom stereocenters. The van der Waals surface area contributed by atoms with Gasteiger partial charge in [-0.25, -0.2) is 9.97 Å². The zero-order valence-electron chi connectivity index (χ0n) is 17.4. The number of rotatable bonds is 4. The maximum Gasteiger partial charge on any atom is 0.246 e. The number of hydrogen-bond acceptors (Lipinski definition) is 6. The highest BCUT2D eigenvalue weighted by Crippen LogP contribution is 2.39. The van der Waals surface area contributed by atoms with Crippen LogP contribution in [-0.2, 0) is 24.2 Å². The summed E-state index contributed by atoms with van der Waals surface area (Å²) in [5.74, 6) is 1.26. The van der Waals surface area contributed by atoms with Gasteiger partial charge in [0.1, 0.15) is 12.1 Å². The van der Waals surface area contributed by atoms with Gasteiger partial charge in [-0.05, 0) is 48.4 Å². The van der Waals surface area contributed by atoms with Crippen LogP contribution in [0.3, 0.4) is 0 Å². The lowest BCUT2D eigenvalue weighted by Gasteiger charge is -2.37. The van der Waals surface area contributed by atoms with Gasteiger partial charge in [-0.2, -0.15) is 5.10 Å². The smallest absolute Gasteiger partial charge is 0.246 e. The van der Waals surface area contributed by atoms with Gasteiger partial charge in [-0.15, -0.1) is 0 Å². The first-order chi connectivity index (χ1) is 15.2. The molecule has 5 rings (SSSR count). The minimum absolute atomic E-state index is 0.0136. The molecule has 1 unspecified atom stereocenters. The monoisotopic (exact) mass is 418 g/mol. The van der Waals surface area contributed by atoms with Crippen molar-refractivity contribution in [2.75, 3.05) is 31.1 Å². The first kappa shape index (κ1) is 19.7. The molecule has 0 spiro atoms. The van der Waals surface area contributed by atoms with E-state index in [4.69, 9.17) is 0 Å². The summed E-state index contributed by atoms with van der Waals surface area (Å²) in [6, 6.07) is 3.96. The van der Waals surface area contributed by atoms with Gasteiger partial charge in [0.2, 0.25) is 5.91 Å². The van der Waals surface area contributed by atoms with Gasteiger partial charge in [-0.3, -0.25) is 9.89 Å². The number of nitrogens with zero attached hydrogens (tertiary/aromatic N) is 5. The van der Waals surface area contributed by atoms with Crippen molar-refractivity contribution in [3.8, 4) is 0 Å². The first-order valence-corrected chi connectivity index (χ1v) is 10.7. The molecule has 0 saturated carbocycles. The Bertz CT molecular complexity index is 1130. The second kappa shape index (κ2) is 8.11. The molecule has 0 bridgehead atoms. The van der Waals surface area contributed by atoms with Crippen LogP contribution in [0.4, 0.5) is 5.82 Å². The highest BCUT2D eigenvalue weighted by Gasteiger charge is 2.29. The van der Waals surface area contributed by atoms with Gasteiger partial charge in [0.05, 0.1) is 18.3 Å². The number of fused-ring (bicyclic) bond motifs is 2. The number of aliphatic hydroxyl groups excluding tert-OH is 1. The minimum Gasteiger partial charge on any atom is -0.392 e. The maximum absolute atomic E-state index is 11.9. The SMILES string of the molecule is C=CC(=O)N1CCN(c2ncnc3c2CCC(c2c(CO)ccc4[nH]ncc24)C3)CC1. The second-order valence-corrected chi connectivity index (χ2v) is 8.21. The van der Waals surface area contributed by atoms with Gasteiger partial charge in [0.15, 0.2) is 0 Å². The highest BCUT2D eigenvalue weighted by molar-refractivity contribution is 5.87. The first-order valence-electron chi connectivity index (χ1n) is 10.7. The Morgan fingerprint density at radius 3 is 2.87 bits per heavy atom. The van der Waals surface area contributed by atoms with Crippen LogP contribution in [-0.4, -0.2) is 62.3 Å². The number of piperazine rings is 1. The second-order valence-electron chi connectivity index (χ2n) is 8.21. The number of nitrogens with one attached hydrogen (secondary N) is 1. The van der Waals surface area contributed by atoms with E-state index in [1.54, 1.807) is 6.33 Å². The number of benzene rings is 1. The molecule has 2 aromatic heterocycles. The third-order valence-corrected chi connectivity index (χ3v) is 6.59. The van der Waals surface area contributed by atoms with Crippen molar-refractivity contribution in [1.29, 1.82) is 0 Å². The van der Waals surface area contributed by atoms with Crippen molar-refractivity contribution in [1.82, 2.24) is 25.1 Å². The van der Waals surface area contributed by atoms with E-state index in [-0.39, 0.29) is 18.4 Å². The van der Waals surface area contributed by atoms with Gasteiger partial charge in [0.25, 0.3) is 0 Å². The van der Waals surface area contributed by atoms with Crippen LogP contribution < -0.4 is 4.90 Å². The van der Waals surface area contributed by atoms with E-state index in [0.717, 1.165) is 60.3 Å². The lowest BCUT2D eigenvalue weighted by molar-refractivity contribution is -0.126. The Morgan fingerprint density at radius 2 is 2.10 bits per heavy atom. The number of carbonyl (C=O) groups excluding carboxylic acids is 1. The van der Waals surface area contributed by atoms with Crippen molar-refractivity contribution in [2.24, 2.45) is 0 Å². The molecule has 1 aliphatic heterocycles. The standard InChI is InChI=1S/C23H26N6O2/c1-2-21(31)28-7-9-29(10-8-28)23-17-5-3-15(11-20(17)24-14-25-23)22-16(13-30)4-6-19-18(22)12-26-27-19/h2,4,6,12,14-15,30H,1,3,5,7-11,13H2,(H,26,27). The molecule has 160 valence electrons. The average molecular weight is 419 g/mol. The number of aromatic amines is 1. The van der Waals surface area contributed by atoms with E-state index in [1.165, 1.54) is 17.2 Å². The van der Waals surface area contributed by atoms with Gasteiger partial charge in [0, 0.05) is 42.8 Å². The molecule has 1 fully saturated rings. The molecule has 8 heteroatoms. The predicted molar refractivity (Wildman–Crippen MR) is 118 cm³/mol. The third kappa shape index (κ3) is 3.46. The fourth-order valence-corrected chi connectivity index (χ4v) is 5.02. The number of H-pyrrole nitrogens is 1. The predicted octanol–water partition coefficient (Wildman–Crippen LogP) is 1.95. The summed E-state index contributed by atoms with van der Waals surface area (Å²) in [5.41, 5.74) is 5.42. The number of carbonyl (C=O) groups is 1. The van der Waals surface area contributed by atoms with Gasteiger partial charge < -0.3 is 14.9 Å². The molecular weight excluding hydrogens is 392 g/mol. The zero-order valence-corrected chi connectivity index (χ0v) is 17.4. The van der Waals surface area contributed by atoms with Gasteiger partial charge in [-0.1, -0.05) is 12.6 Å². The molecule has 2 aliphatic rings. The third-order valence-electron chi connectivity index (χ3n) is 6.59. The topological polar surface area (TPSA) is 98.2 Å². The van der Waals surface area contributed by atoms with Crippen LogP contribution in [0.5, 0.6) is 0 Å². The molecule has 3 aromatic rings. The molecule has 1 aliphatic carbocycles. The van der Waals surface area contributed by atoms with E-state index in [0.29, 0.717) is 13.1 Å². The van der Waals surface area contributed by atoms with Crippen molar-refractivity contribution in [2.45, 2.75) is 31.8 Å². The number of anilines is 1. The molecule has 1 saturated heterocycles. The van der Waals surface area contributed by atoms with E-state index < -0.39 is 0 Å². The molecular formula is C23H26N6O2. The summed E-state index contributed by atoms with van der Waals surface area (Å²) in [4.78, 5) is 25.2. The van der Waals surface area contributed by atoms with Crippen molar-refractivity contribution in [3.63, 3.8) is 0 Å². The van der Waals surface area contributed by atoms with Crippen LogP contribution in [0.1, 0.15) is 34.7 Å². The van der Waals surface area contributed by atoms with Crippen LogP contribution >= 0.6 is 0 Å². The minimum atomic E-state index is -0.0136. The average Bonchev–Trinajstić information content (AvgIpc) is 3.31. The molecule has 0 radical (unpaired) electrons. The van der Waals surface area contributed by atoms with E-state index in [2.05, 4.69) is 31.6 Å². The largest absolute Gasteiger partial charge is 0.392 e. The summed E-state index contributed by atoms with van der Waals surface area (Å²) < 4.78 is 0. The summed E-state index contributed by atoms with van der Waals surface area (Å²) in [7, 11) is 0. The lowest BCUT2D eigenvalue weighted by Crippen LogP contribution is -2.49. The van der Waals surface area contributed by atoms with E-state index in [1.807, 2.05) is 23.2 Å². The Hall–Kier alpha value is -3.26. The Labute approximate surface area is 180 Å². The Morgan fingerprint density at radius 1 is 1.26 bits per heavy atom. The quantitative estimate of drug-likeness (QED) is 0.629. The fourth-order valence-electron chi connectivity index (χ4n) is 5.02. The van der Waals surface area contributed by atoms with Crippen LogP contribution in [0.15, 0.2) is 37.3 Å². The maximum atomic E-state index is 11.9. The summed E-state index contributed by atoms with van der Waals surface area (Å²) in [6.45, 7) is 6.47. The number of hydrogen-bond donors (Lipinski definition) is 2. The molecule has 31 heavy (non-hydrogen) atoms. The molecule has 3 heterocycles. The molecule has 1 aromatic carbocycles. The molecule has 8 nitrogen and oxygen atoms in total. The number of aliphatic hydroxyl groups is 1. The summed E-state index contributed by atoms with van der Waals surface area (Å²) in [5, 5.41) is 18.3. The lowest BCUT2D eigenvalue weighted by atomic mass is 9.79. The molecule has 1 amide bonds.